The summed E-state index contributed by atoms with van der Waals surface area (Å²) in [7, 11) is 0. The van der Waals surface area contributed by atoms with Crippen molar-refractivity contribution in [2.45, 2.75) is 0 Å². The zero-order valence-corrected chi connectivity index (χ0v) is 10.7. The summed E-state index contributed by atoms with van der Waals surface area (Å²) in [6, 6.07) is 7.69. The molecular weight excluding hydrogens is 287 g/mol. The molecule has 0 unspecified atom stereocenters. The van der Waals surface area contributed by atoms with Gasteiger partial charge in [0.15, 0.2) is 5.69 Å². The molecule has 0 aliphatic carbocycles. The second-order valence-corrected chi connectivity index (χ2v) is 4.20. The van der Waals surface area contributed by atoms with Gasteiger partial charge < -0.3 is 10.4 Å². The molecule has 2 rings (SSSR count). The van der Waals surface area contributed by atoms with Crippen molar-refractivity contribution < 1.29 is 19.1 Å². The Bertz CT molecular complexity index is 691. The topological polar surface area (TPSA) is 79.3 Å². The summed E-state index contributed by atoms with van der Waals surface area (Å²) in [6.45, 7) is 0. The number of carboxylic acids is 1. The minimum absolute atomic E-state index is 0.0790. The van der Waals surface area contributed by atoms with Crippen molar-refractivity contribution in [2.24, 2.45) is 0 Å². The molecule has 0 spiro atoms. The summed E-state index contributed by atoms with van der Waals surface area (Å²) >= 11 is 5.58. The van der Waals surface area contributed by atoms with Crippen LogP contribution in [0.1, 0.15) is 20.8 Å². The normalized spacial score (nSPS) is 10.1. The number of rotatable bonds is 3. The number of pyridine rings is 1. The number of amides is 1. The van der Waals surface area contributed by atoms with Gasteiger partial charge in [0, 0.05) is 5.56 Å². The first kappa shape index (κ1) is 14.0. The molecule has 0 aliphatic rings. The molecule has 0 fully saturated rings. The lowest BCUT2D eigenvalue weighted by molar-refractivity contribution is 0.0690. The Kier molecular flexibility index (Phi) is 3.95. The van der Waals surface area contributed by atoms with Crippen LogP contribution in [0.2, 0.25) is 5.02 Å². The number of hydrogen-bond acceptors (Lipinski definition) is 3. The van der Waals surface area contributed by atoms with Crippen molar-refractivity contribution in [3.63, 3.8) is 0 Å². The summed E-state index contributed by atoms with van der Waals surface area (Å²) in [6.07, 6.45) is 0. The lowest BCUT2D eigenvalue weighted by Gasteiger charge is -2.05. The molecule has 0 atom stereocenters. The maximum atomic E-state index is 13.0. The van der Waals surface area contributed by atoms with E-state index in [1.807, 2.05) is 0 Å². The number of aromatic carboxylic acids is 1. The fraction of sp³-hybridized carbons (Fsp3) is 0. The molecule has 2 aromatic rings. The first-order valence-electron chi connectivity index (χ1n) is 5.44. The molecule has 1 amide bonds. The maximum absolute atomic E-state index is 13.0. The number of carboxylic acid groups (broad SMARTS) is 1. The van der Waals surface area contributed by atoms with Gasteiger partial charge >= 0.3 is 5.97 Å². The summed E-state index contributed by atoms with van der Waals surface area (Å²) in [4.78, 5) is 26.4. The van der Waals surface area contributed by atoms with Gasteiger partial charge in [-0.15, -0.1) is 0 Å². The lowest BCUT2D eigenvalue weighted by atomic mass is 10.2. The number of carbonyl (C=O) groups is 2. The highest BCUT2D eigenvalue weighted by molar-refractivity contribution is 6.31. The highest BCUT2D eigenvalue weighted by Crippen LogP contribution is 2.17. The molecule has 0 saturated heterocycles. The Hall–Kier alpha value is -2.47. The number of nitrogens with one attached hydrogen (secondary N) is 1. The molecule has 102 valence electrons. The minimum atomic E-state index is -1.20. The monoisotopic (exact) mass is 294 g/mol. The van der Waals surface area contributed by atoms with Gasteiger partial charge in [-0.2, -0.15) is 0 Å². The fourth-order valence-electron chi connectivity index (χ4n) is 1.45. The summed E-state index contributed by atoms with van der Waals surface area (Å²) < 4.78 is 13.0. The number of aromatic nitrogens is 1. The van der Waals surface area contributed by atoms with Crippen molar-refractivity contribution in [2.75, 3.05) is 5.32 Å². The van der Waals surface area contributed by atoms with E-state index in [1.54, 1.807) is 0 Å². The predicted octanol–water partition coefficient (Wildman–Crippen LogP) is 2.82. The van der Waals surface area contributed by atoms with Gasteiger partial charge in [0.1, 0.15) is 11.6 Å². The van der Waals surface area contributed by atoms with Gasteiger partial charge in [0.25, 0.3) is 5.91 Å². The van der Waals surface area contributed by atoms with Crippen LogP contribution in [0, 0.1) is 5.82 Å². The van der Waals surface area contributed by atoms with E-state index in [2.05, 4.69) is 10.3 Å². The van der Waals surface area contributed by atoms with E-state index in [0.29, 0.717) is 0 Å². The number of carbonyl (C=O) groups excluding carboxylic acids is 1. The number of anilines is 1. The van der Waals surface area contributed by atoms with Crippen molar-refractivity contribution in [3.05, 3.63) is 58.5 Å². The zero-order valence-electron chi connectivity index (χ0n) is 9.93. The molecule has 20 heavy (non-hydrogen) atoms. The molecule has 0 radical (unpaired) electrons. The van der Waals surface area contributed by atoms with Gasteiger partial charge in [-0.3, -0.25) is 4.79 Å². The van der Waals surface area contributed by atoms with Crippen molar-refractivity contribution in [1.29, 1.82) is 0 Å². The van der Waals surface area contributed by atoms with E-state index in [-0.39, 0.29) is 22.1 Å². The Morgan fingerprint density at radius 2 is 2.00 bits per heavy atom. The quantitative estimate of drug-likeness (QED) is 0.912. The van der Waals surface area contributed by atoms with Gasteiger partial charge in [-0.05, 0) is 30.3 Å². The minimum Gasteiger partial charge on any atom is -0.477 e. The van der Waals surface area contributed by atoms with E-state index < -0.39 is 17.7 Å². The average Bonchev–Trinajstić information content (AvgIpc) is 2.42. The Labute approximate surface area is 118 Å². The summed E-state index contributed by atoms with van der Waals surface area (Å²) in [5.74, 6) is -2.32. The van der Waals surface area contributed by atoms with Crippen LogP contribution < -0.4 is 5.32 Å². The van der Waals surface area contributed by atoms with Crippen LogP contribution in [-0.2, 0) is 0 Å². The van der Waals surface area contributed by atoms with E-state index >= 15 is 0 Å². The SMILES string of the molecule is O=C(Nc1cccc(C(=O)O)n1)c1ccc(F)c(Cl)c1. The first-order valence-corrected chi connectivity index (χ1v) is 5.82. The number of benzene rings is 1. The van der Waals surface area contributed by atoms with Crippen molar-refractivity contribution in [3.8, 4) is 0 Å². The standard InChI is InChI=1S/C13H8ClFN2O3/c14-8-6-7(4-5-9(8)15)12(18)17-11-3-1-2-10(16-11)13(19)20/h1-6H,(H,19,20)(H,16,17,18). The Morgan fingerprint density at radius 3 is 2.65 bits per heavy atom. The second-order valence-electron chi connectivity index (χ2n) is 3.80. The smallest absolute Gasteiger partial charge is 0.354 e. The van der Waals surface area contributed by atoms with Crippen LogP contribution in [0.3, 0.4) is 0 Å². The van der Waals surface area contributed by atoms with E-state index in [4.69, 9.17) is 16.7 Å². The Balaban J connectivity index is 2.21. The molecule has 5 nitrogen and oxygen atoms in total. The first-order chi connectivity index (χ1) is 9.47. The highest BCUT2D eigenvalue weighted by atomic mass is 35.5. The molecule has 0 bridgehead atoms. The Morgan fingerprint density at radius 1 is 1.25 bits per heavy atom. The third kappa shape index (κ3) is 3.10. The maximum Gasteiger partial charge on any atom is 0.354 e. The predicted molar refractivity (Wildman–Crippen MR) is 70.6 cm³/mol. The highest BCUT2D eigenvalue weighted by Gasteiger charge is 2.11. The van der Waals surface area contributed by atoms with Crippen LogP contribution in [0.5, 0.6) is 0 Å². The van der Waals surface area contributed by atoms with Crippen molar-refractivity contribution in [1.82, 2.24) is 4.98 Å². The number of hydrogen-bond donors (Lipinski definition) is 2. The fourth-order valence-corrected chi connectivity index (χ4v) is 1.63. The van der Waals surface area contributed by atoms with Crippen LogP contribution in [0.15, 0.2) is 36.4 Å². The van der Waals surface area contributed by atoms with Gasteiger partial charge in [0.05, 0.1) is 5.02 Å². The van der Waals surface area contributed by atoms with Crippen LogP contribution >= 0.6 is 11.6 Å². The van der Waals surface area contributed by atoms with Gasteiger partial charge in [0.2, 0.25) is 0 Å². The van der Waals surface area contributed by atoms with E-state index in [9.17, 15) is 14.0 Å². The van der Waals surface area contributed by atoms with E-state index in [1.165, 1.54) is 30.3 Å². The number of nitrogens with zero attached hydrogens (tertiary/aromatic N) is 1. The van der Waals surface area contributed by atoms with E-state index in [0.717, 1.165) is 6.07 Å². The lowest BCUT2D eigenvalue weighted by Crippen LogP contribution is -2.14. The molecular formula is C13H8ClFN2O3. The third-order valence-electron chi connectivity index (χ3n) is 2.39. The second kappa shape index (κ2) is 5.66. The van der Waals surface area contributed by atoms with Gasteiger partial charge in [-0.25, -0.2) is 14.2 Å². The molecule has 2 N–H and O–H groups in total. The average molecular weight is 295 g/mol. The van der Waals surface area contributed by atoms with Gasteiger partial charge in [-0.1, -0.05) is 17.7 Å². The summed E-state index contributed by atoms with van der Waals surface area (Å²) in [5.41, 5.74) is -0.0566. The molecule has 1 heterocycles. The molecule has 1 aromatic heterocycles. The molecule has 0 aliphatic heterocycles. The molecule has 7 heteroatoms. The zero-order chi connectivity index (χ0) is 14.7. The van der Waals surface area contributed by atoms with Crippen molar-refractivity contribution >= 4 is 29.3 Å². The summed E-state index contributed by atoms with van der Waals surface area (Å²) in [5, 5.41) is 11.0. The van der Waals surface area contributed by atoms with Crippen LogP contribution in [0.4, 0.5) is 10.2 Å². The number of halogens is 2. The molecule has 1 aromatic carbocycles. The van der Waals surface area contributed by atoms with Crippen LogP contribution in [-0.4, -0.2) is 22.0 Å². The molecule has 0 saturated carbocycles. The van der Waals surface area contributed by atoms with Crippen LogP contribution in [0.25, 0.3) is 0 Å². The largest absolute Gasteiger partial charge is 0.477 e. The third-order valence-corrected chi connectivity index (χ3v) is 2.68.